The third-order valence-corrected chi connectivity index (χ3v) is 10.7. The standard InChI is InChI=1S/C27H48BN3O4S/c1-15-19-18(16(2)32)22(33)31(19)20(23(34)35)21(15)36-17-11-24(3,4)12-26(7,8)30(28-10)14-27(9,29)13-25(17,5)6/h15-19,28,32H,11-14,29H2,1-10H3,(H,34,35)/t15-,16-,17?,18-,19-,27?/m1/s1. The van der Waals surface area contributed by atoms with Gasteiger partial charge in [-0.05, 0) is 57.8 Å². The molecule has 6 atom stereocenters. The molecule has 36 heavy (non-hydrogen) atoms. The molecule has 0 spiro atoms. The number of carbonyl (C=O) groups excluding carboxylic acids is 1. The van der Waals surface area contributed by atoms with Gasteiger partial charge >= 0.3 is 5.97 Å². The summed E-state index contributed by atoms with van der Waals surface area (Å²) < 4.78 is 0. The predicted molar refractivity (Wildman–Crippen MR) is 149 cm³/mol. The number of aliphatic carboxylic acids is 1. The average molecular weight is 522 g/mol. The summed E-state index contributed by atoms with van der Waals surface area (Å²) in [6.45, 7) is 22.5. The van der Waals surface area contributed by atoms with Crippen molar-refractivity contribution in [3.8, 4) is 0 Å². The lowest BCUT2D eigenvalue weighted by Gasteiger charge is -2.52. The van der Waals surface area contributed by atoms with Gasteiger partial charge in [-0.2, -0.15) is 0 Å². The summed E-state index contributed by atoms with van der Waals surface area (Å²) in [6.07, 6.45) is 1.90. The van der Waals surface area contributed by atoms with Gasteiger partial charge in [-0.1, -0.05) is 41.4 Å². The van der Waals surface area contributed by atoms with Crippen molar-refractivity contribution >= 4 is 31.1 Å². The quantitative estimate of drug-likeness (QED) is 0.374. The van der Waals surface area contributed by atoms with Crippen LogP contribution in [0.4, 0.5) is 0 Å². The molecule has 3 heterocycles. The first-order chi connectivity index (χ1) is 16.2. The molecule has 4 N–H and O–H groups in total. The number of carbonyl (C=O) groups is 2. The highest BCUT2D eigenvalue weighted by molar-refractivity contribution is 8.03. The van der Waals surface area contributed by atoms with Crippen LogP contribution in [0.5, 0.6) is 0 Å². The first kappa shape index (κ1) is 29.5. The number of rotatable bonds is 5. The molecule has 9 heteroatoms. The molecular weight excluding hydrogens is 473 g/mol. The topological polar surface area (TPSA) is 107 Å². The molecule has 2 fully saturated rings. The highest BCUT2D eigenvalue weighted by atomic mass is 32.2. The average Bonchev–Trinajstić information content (AvgIpc) is 2.91. The van der Waals surface area contributed by atoms with E-state index in [9.17, 15) is 19.8 Å². The summed E-state index contributed by atoms with van der Waals surface area (Å²) >= 11 is 1.65. The highest BCUT2D eigenvalue weighted by Gasteiger charge is 2.60. The van der Waals surface area contributed by atoms with Gasteiger partial charge in [-0.15, -0.1) is 11.8 Å². The van der Waals surface area contributed by atoms with E-state index in [1.165, 1.54) is 4.90 Å². The van der Waals surface area contributed by atoms with Gasteiger partial charge in [0.05, 0.1) is 18.1 Å². The van der Waals surface area contributed by atoms with Gasteiger partial charge in [-0.3, -0.25) is 4.79 Å². The second-order valence-electron chi connectivity index (χ2n) is 14.1. The van der Waals surface area contributed by atoms with Crippen LogP contribution in [0, 0.1) is 22.7 Å². The summed E-state index contributed by atoms with van der Waals surface area (Å²) in [7, 11) is 0.941. The van der Waals surface area contributed by atoms with E-state index in [0.29, 0.717) is 0 Å². The van der Waals surface area contributed by atoms with Crippen molar-refractivity contribution in [1.82, 2.24) is 9.71 Å². The van der Waals surface area contributed by atoms with Crippen LogP contribution in [0.2, 0.25) is 6.82 Å². The lowest BCUT2D eigenvalue weighted by atomic mass is 9.66. The van der Waals surface area contributed by atoms with Gasteiger partial charge in [0.2, 0.25) is 13.3 Å². The molecule has 3 aliphatic heterocycles. The summed E-state index contributed by atoms with van der Waals surface area (Å²) in [5.41, 5.74) is 6.48. The van der Waals surface area contributed by atoms with E-state index in [2.05, 4.69) is 60.1 Å². The number of aliphatic hydroxyl groups is 1. The van der Waals surface area contributed by atoms with E-state index in [1.807, 2.05) is 6.92 Å². The maximum Gasteiger partial charge on any atom is 0.353 e. The third-order valence-electron chi connectivity index (χ3n) is 8.75. The molecule has 0 aromatic heterocycles. The lowest BCUT2D eigenvalue weighted by molar-refractivity contribution is -0.163. The number of carboxylic acids is 1. The Morgan fingerprint density at radius 1 is 1.17 bits per heavy atom. The number of thioether (sulfide) groups is 1. The number of carboxylic acid groups (broad SMARTS) is 1. The minimum atomic E-state index is -1.07. The van der Waals surface area contributed by atoms with Crippen molar-refractivity contribution in [2.75, 3.05) is 6.54 Å². The Balaban J connectivity index is 2.03. The maximum absolute atomic E-state index is 12.9. The minimum absolute atomic E-state index is 0.0111. The molecule has 2 unspecified atom stereocenters. The molecule has 204 valence electrons. The molecule has 0 aromatic rings. The molecular formula is C27H48BN3O4S. The molecule has 7 nitrogen and oxygen atoms in total. The fraction of sp³-hybridized carbons (Fsp3) is 0.852. The fourth-order valence-corrected chi connectivity index (χ4v) is 9.46. The maximum atomic E-state index is 12.9. The van der Waals surface area contributed by atoms with E-state index in [1.54, 1.807) is 18.7 Å². The Kier molecular flexibility index (Phi) is 7.89. The van der Waals surface area contributed by atoms with E-state index in [4.69, 9.17) is 5.73 Å². The first-order valence-corrected chi connectivity index (χ1v) is 14.3. The fourth-order valence-electron chi connectivity index (χ4n) is 7.57. The number of nitrogens with two attached hydrogens (primary N) is 1. The minimum Gasteiger partial charge on any atom is -0.477 e. The van der Waals surface area contributed by atoms with E-state index in [-0.39, 0.29) is 45.2 Å². The number of amides is 1. The van der Waals surface area contributed by atoms with Crippen LogP contribution in [0.25, 0.3) is 0 Å². The molecule has 0 radical (unpaired) electrons. The number of aliphatic hydroxyl groups excluding tert-OH is 1. The lowest BCUT2D eigenvalue weighted by Crippen LogP contribution is -2.63. The smallest absolute Gasteiger partial charge is 0.353 e. The zero-order valence-corrected chi connectivity index (χ0v) is 24.8. The SMILES string of the molecule is CBN1CC(C)(N)CC(C)(C)C(SC2=C(C(=O)O)N3C(=O)[C@H]([C@@H](C)O)[C@H]3[C@H]2C)CC(C)(C)CC1(C)C. The number of nitrogens with zero attached hydrogens (tertiary/aromatic N) is 2. The summed E-state index contributed by atoms with van der Waals surface area (Å²) in [5.74, 6) is -2.03. The van der Waals surface area contributed by atoms with Crippen molar-refractivity contribution in [1.29, 1.82) is 0 Å². The summed E-state index contributed by atoms with van der Waals surface area (Å²) in [5, 5.41) is 20.5. The second kappa shape index (κ2) is 9.62. The first-order valence-electron chi connectivity index (χ1n) is 13.4. The van der Waals surface area contributed by atoms with E-state index >= 15 is 0 Å². The second-order valence-corrected chi connectivity index (χ2v) is 15.3. The van der Waals surface area contributed by atoms with Crippen LogP contribution in [-0.2, 0) is 9.59 Å². The number of β-lactam (4-membered cyclic amide) rings is 1. The van der Waals surface area contributed by atoms with Crippen LogP contribution >= 0.6 is 11.8 Å². The van der Waals surface area contributed by atoms with Crippen LogP contribution in [0.15, 0.2) is 10.6 Å². The Morgan fingerprint density at radius 3 is 2.25 bits per heavy atom. The van der Waals surface area contributed by atoms with E-state index in [0.717, 1.165) is 38.1 Å². The van der Waals surface area contributed by atoms with Crippen molar-refractivity contribution < 1.29 is 19.8 Å². The van der Waals surface area contributed by atoms with Gasteiger partial charge in [0, 0.05) is 33.7 Å². The van der Waals surface area contributed by atoms with Gasteiger partial charge in [0.15, 0.2) is 0 Å². The van der Waals surface area contributed by atoms with Gasteiger partial charge < -0.3 is 25.7 Å². The summed E-state index contributed by atoms with van der Waals surface area (Å²) in [4.78, 5) is 30.0. The summed E-state index contributed by atoms with van der Waals surface area (Å²) in [6, 6.07) is -0.293. The number of fused-ring (bicyclic) bond motifs is 1. The van der Waals surface area contributed by atoms with Crippen molar-refractivity contribution in [3.63, 3.8) is 0 Å². The van der Waals surface area contributed by atoms with Crippen LogP contribution in [0.1, 0.15) is 81.6 Å². The predicted octanol–water partition coefficient (Wildman–Crippen LogP) is 3.68. The molecule has 2 saturated heterocycles. The molecule has 3 aliphatic rings. The molecule has 0 aromatic carbocycles. The molecule has 0 bridgehead atoms. The largest absolute Gasteiger partial charge is 0.477 e. The third kappa shape index (κ3) is 5.41. The highest BCUT2D eigenvalue weighted by Crippen LogP contribution is 2.56. The van der Waals surface area contributed by atoms with Crippen molar-refractivity contribution in [2.45, 2.75) is 117 Å². The van der Waals surface area contributed by atoms with Crippen LogP contribution < -0.4 is 5.73 Å². The molecule has 1 amide bonds. The van der Waals surface area contributed by atoms with E-state index < -0.39 is 23.5 Å². The Bertz CT molecular complexity index is 930. The molecule has 0 aliphatic carbocycles. The van der Waals surface area contributed by atoms with Gasteiger partial charge in [0.25, 0.3) is 0 Å². The van der Waals surface area contributed by atoms with Gasteiger partial charge in [-0.25, -0.2) is 4.79 Å². The Morgan fingerprint density at radius 2 is 1.75 bits per heavy atom. The normalized spacial score (nSPS) is 37.2. The van der Waals surface area contributed by atoms with Crippen molar-refractivity contribution in [2.24, 2.45) is 28.4 Å². The Labute approximate surface area is 222 Å². The Hall–Kier alpha value is -1.03. The zero-order chi connectivity index (χ0) is 27.6. The molecule has 0 saturated carbocycles. The van der Waals surface area contributed by atoms with Crippen molar-refractivity contribution in [3.05, 3.63) is 10.6 Å². The molecule has 3 rings (SSSR count). The van der Waals surface area contributed by atoms with Gasteiger partial charge in [0.1, 0.15) is 5.70 Å². The van der Waals surface area contributed by atoms with Crippen LogP contribution in [-0.4, -0.2) is 74.2 Å². The number of hydrogen-bond acceptors (Lipinski definition) is 6. The van der Waals surface area contributed by atoms with Crippen LogP contribution in [0.3, 0.4) is 0 Å². The zero-order valence-electron chi connectivity index (χ0n) is 24.0. The number of hydrogen-bond donors (Lipinski definition) is 3. The monoisotopic (exact) mass is 521 g/mol.